The van der Waals surface area contributed by atoms with Crippen molar-refractivity contribution in [1.29, 1.82) is 0 Å². The van der Waals surface area contributed by atoms with Crippen LogP contribution in [0.5, 0.6) is 0 Å². The van der Waals surface area contributed by atoms with Gasteiger partial charge in [0, 0.05) is 26.2 Å². The molecule has 4 rings (SSSR count). The summed E-state index contributed by atoms with van der Waals surface area (Å²) >= 11 is 0. The van der Waals surface area contributed by atoms with Crippen LogP contribution in [0, 0.1) is 0 Å². The van der Waals surface area contributed by atoms with Crippen LogP contribution in [-0.4, -0.2) is 95.3 Å². The Hall–Kier alpha value is -4.38. The van der Waals surface area contributed by atoms with Gasteiger partial charge < -0.3 is 25.2 Å². The van der Waals surface area contributed by atoms with E-state index in [4.69, 9.17) is 4.74 Å². The van der Waals surface area contributed by atoms with E-state index in [-0.39, 0.29) is 50.0 Å². The lowest BCUT2D eigenvalue weighted by atomic mass is 9.97. The Morgan fingerprint density at radius 2 is 1.77 bits per heavy atom. The third-order valence-electron chi connectivity index (χ3n) is 7.81. The normalized spacial score (nSPS) is 19.4. The number of hydrogen-bond acceptors (Lipinski definition) is 6. The molecule has 3 atom stereocenters. The number of nitrogens with one attached hydrogen (secondary N) is 2. The predicted molar refractivity (Wildman–Crippen MR) is 162 cm³/mol. The highest BCUT2D eigenvalue weighted by Crippen LogP contribution is 2.30. The quantitative estimate of drug-likeness (QED) is 0.290. The Bertz CT molecular complexity index is 1260. The zero-order chi connectivity index (χ0) is 30.8. The van der Waals surface area contributed by atoms with E-state index < -0.39 is 18.3 Å². The minimum atomic E-state index is -0.774. The van der Waals surface area contributed by atoms with E-state index in [0.29, 0.717) is 32.5 Å². The summed E-state index contributed by atoms with van der Waals surface area (Å²) in [7, 11) is 0. The third kappa shape index (κ3) is 7.92. The fourth-order valence-electron chi connectivity index (χ4n) is 5.65. The topological polar surface area (TPSA) is 115 Å². The highest BCUT2D eigenvalue weighted by Gasteiger charge is 2.51. The van der Waals surface area contributed by atoms with Gasteiger partial charge in [0.05, 0.1) is 13.1 Å². The molecule has 2 aromatic rings. The predicted octanol–water partition coefficient (Wildman–Crippen LogP) is 3.31. The van der Waals surface area contributed by atoms with E-state index in [1.54, 1.807) is 19.8 Å². The molecule has 5 amide bonds. The Kier molecular flexibility index (Phi) is 11.2. The molecule has 0 radical (unpaired) electrons. The number of ether oxygens (including phenoxy) is 1. The number of fused-ring (bicyclic) bond motifs is 1. The van der Waals surface area contributed by atoms with Crippen LogP contribution in [-0.2, 0) is 20.9 Å². The first-order chi connectivity index (χ1) is 20.8. The Balaban J connectivity index is 1.56. The lowest BCUT2D eigenvalue weighted by Crippen LogP contribution is -2.76. The van der Waals surface area contributed by atoms with Crippen molar-refractivity contribution in [3.63, 3.8) is 0 Å². The van der Waals surface area contributed by atoms with E-state index in [1.165, 1.54) is 6.08 Å². The molecule has 0 aliphatic carbocycles. The summed E-state index contributed by atoms with van der Waals surface area (Å²) in [5.74, 6) is -0.316. The molecule has 2 aromatic carbocycles. The molecule has 2 fully saturated rings. The Morgan fingerprint density at radius 1 is 1.07 bits per heavy atom. The van der Waals surface area contributed by atoms with Gasteiger partial charge in [-0.15, -0.1) is 0 Å². The summed E-state index contributed by atoms with van der Waals surface area (Å²) in [4.78, 5) is 56.5. The number of carbonyl (C=O) groups is 4. The fraction of sp³-hybridized carbons (Fsp3) is 0.438. The maximum absolute atomic E-state index is 14.0. The van der Waals surface area contributed by atoms with Crippen molar-refractivity contribution in [3.8, 4) is 0 Å². The average Bonchev–Trinajstić information content (AvgIpc) is 3.03. The van der Waals surface area contributed by atoms with Crippen LogP contribution >= 0.6 is 0 Å². The van der Waals surface area contributed by atoms with Gasteiger partial charge in [0.1, 0.15) is 18.8 Å². The second-order valence-electron chi connectivity index (χ2n) is 10.8. The minimum Gasteiger partial charge on any atom is -0.445 e. The number of amides is 5. The molecule has 2 N–H and O–H groups in total. The van der Waals surface area contributed by atoms with Gasteiger partial charge in [-0.05, 0) is 29.9 Å². The van der Waals surface area contributed by atoms with Crippen LogP contribution in [0.1, 0.15) is 43.7 Å². The SMILES string of the molecule is C=CCOC(=O)NCCC[C@H]1C(=O)N(CC(C)c2ccccc2)C[C@H]2N1C(=O)CN(CC)N2C(=O)NCc1ccccc1. The Labute approximate surface area is 253 Å². The number of nitrogens with zero attached hydrogens (tertiary/aromatic N) is 4. The summed E-state index contributed by atoms with van der Waals surface area (Å²) in [5.41, 5.74) is 2.06. The summed E-state index contributed by atoms with van der Waals surface area (Å²) in [5, 5.41) is 9.03. The highest BCUT2D eigenvalue weighted by atomic mass is 16.5. The highest BCUT2D eigenvalue weighted by molar-refractivity contribution is 5.91. The third-order valence-corrected chi connectivity index (χ3v) is 7.81. The van der Waals surface area contributed by atoms with Crippen molar-refractivity contribution >= 4 is 23.9 Å². The van der Waals surface area contributed by atoms with Crippen LogP contribution < -0.4 is 10.6 Å². The first-order valence-corrected chi connectivity index (χ1v) is 14.9. The van der Waals surface area contributed by atoms with E-state index >= 15 is 0 Å². The molecule has 43 heavy (non-hydrogen) atoms. The lowest BCUT2D eigenvalue weighted by molar-refractivity contribution is -0.190. The summed E-state index contributed by atoms with van der Waals surface area (Å²) in [6.07, 6.45) is 1.00. The molecule has 2 saturated heterocycles. The van der Waals surface area contributed by atoms with Gasteiger partial charge in [0.25, 0.3) is 0 Å². The van der Waals surface area contributed by atoms with Crippen molar-refractivity contribution < 1.29 is 23.9 Å². The number of piperazine rings is 1. The maximum atomic E-state index is 14.0. The van der Waals surface area contributed by atoms with Gasteiger partial charge in [0.2, 0.25) is 11.8 Å². The molecule has 0 saturated carbocycles. The van der Waals surface area contributed by atoms with Crippen molar-refractivity contribution in [1.82, 2.24) is 30.5 Å². The molecular formula is C32H42N6O5. The summed E-state index contributed by atoms with van der Waals surface area (Å²) < 4.78 is 4.97. The van der Waals surface area contributed by atoms with Gasteiger partial charge in [-0.3, -0.25) is 9.59 Å². The lowest BCUT2D eigenvalue weighted by Gasteiger charge is -2.55. The molecule has 11 nitrogen and oxygen atoms in total. The summed E-state index contributed by atoms with van der Waals surface area (Å²) in [6.45, 7) is 9.27. The minimum absolute atomic E-state index is 0.0118. The van der Waals surface area contributed by atoms with Crippen molar-refractivity contribution in [3.05, 3.63) is 84.4 Å². The number of hydrazine groups is 1. The number of benzene rings is 2. The van der Waals surface area contributed by atoms with Gasteiger partial charge in [-0.1, -0.05) is 87.2 Å². The van der Waals surface area contributed by atoms with E-state index in [0.717, 1.165) is 11.1 Å². The first-order valence-electron chi connectivity index (χ1n) is 14.9. The number of alkyl carbamates (subject to hydrolysis) is 1. The summed E-state index contributed by atoms with van der Waals surface area (Å²) in [6, 6.07) is 18.5. The van der Waals surface area contributed by atoms with Gasteiger partial charge >= 0.3 is 12.1 Å². The molecular weight excluding hydrogens is 548 g/mol. The first kappa shape index (κ1) is 31.6. The average molecular weight is 591 g/mol. The smallest absolute Gasteiger partial charge is 0.407 e. The zero-order valence-corrected chi connectivity index (χ0v) is 25.0. The van der Waals surface area contributed by atoms with Crippen LogP contribution in [0.2, 0.25) is 0 Å². The van der Waals surface area contributed by atoms with Crippen molar-refractivity contribution in [2.24, 2.45) is 0 Å². The number of hydrogen-bond donors (Lipinski definition) is 2. The number of urea groups is 1. The van der Waals surface area contributed by atoms with Crippen LogP contribution in [0.4, 0.5) is 9.59 Å². The van der Waals surface area contributed by atoms with Crippen molar-refractivity contribution in [2.45, 2.75) is 51.4 Å². The molecule has 2 aliphatic heterocycles. The van der Waals surface area contributed by atoms with Crippen molar-refractivity contribution in [2.75, 3.05) is 39.3 Å². The van der Waals surface area contributed by atoms with Crippen LogP contribution in [0.25, 0.3) is 0 Å². The molecule has 2 heterocycles. The molecule has 0 aromatic heterocycles. The fourth-order valence-corrected chi connectivity index (χ4v) is 5.65. The Morgan fingerprint density at radius 3 is 2.44 bits per heavy atom. The second-order valence-corrected chi connectivity index (χ2v) is 10.8. The van der Waals surface area contributed by atoms with Gasteiger partial charge in [0.15, 0.2) is 0 Å². The molecule has 0 bridgehead atoms. The molecule has 1 unspecified atom stereocenters. The maximum Gasteiger partial charge on any atom is 0.407 e. The number of rotatable bonds is 12. The van der Waals surface area contributed by atoms with Gasteiger partial charge in [-0.25, -0.2) is 19.6 Å². The van der Waals surface area contributed by atoms with Crippen LogP contribution in [0.3, 0.4) is 0 Å². The number of carbonyl (C=O) groups excluding carboxylic acids is 4. The monoisotopic (exact) mass is 590 g/mol. The largest absolute Gasteiger partial charge is 0.445 e. The number of likely N-dealkylation sites (N-methyl/N-ethyl adjacent to an activating group) is 1. The zero-order valence-electron chi connectivity index (χ0n) is 25.0. The van der Waals surface area contributed by atoms with Crippen LogP contribution in [0.15, 0.2) is 73.3 Å². The van der Waals surface area contributed by atoms with Gasteiger partial charge in [-0.2, -0.15) is 0 Å². The molecule has 0 spiro atoms. The van der Waals surface area contributed by atoms with E-state index in [9.17, 15) is 19.2 Å². The molecule has 230 valence electrons. The van der Waals surface area contributed by atoms with E-state index in [1.807, 2.05) is 67.6 Å². The molecule has 11 heteroatoms. The molecule has 2 aliphatic rings. The van der Waals surface area contributed by atoms with E-state index in [2.05, 4.69) is 24.1 Å². The second kappa shape index (κ2) is 15.2. The standard InChI is InChI=1S/C32H42N6O5/c1-4-19-43-32(42)33-18-12-17-27-30(40)35(21-24(3)26-15-10-7-11-16-26)22-28-37(27)29(39)23-36(5-2)38(28)31(41)34-20-25-13-8-6-9-14-25/h4,6-11,13-16,24,27-28H,1,5,12,17-23H2,2-3H3,(H,33,42)(H,34,41)/t24?,27-,28-/m0/s1.